The monoisotopic (exact) mass is 229 g/mol. The van der Waals surface area contributed by atoms with E-state index in [1.807, 2.05) is 0 Å². The average Bonchev–Trinajstić information content (AvgIpc) is 2.20. The summed E-state index contributed by atoms with van der Waals surface area (Å²) < 4.78 is 0. The van der Waals surface area contributed by atoms with Crippen molar-refractivity contribution >= 4 is 11.9 Å². The number of rotatable bonds is 8. The van der Waals surface area contributed by atoms with Crippen molar-refractivity contribution < 1.29 is 14.7 Å². The van der Waals surface area contributed by atoms with Gasteiger partial charge in [0.1, 0.15) is 0 Å². The zero-order chi connectivity index (χ0) is 12.6. The van der Waals surface area contributed by atoms with Crippen LogP contribution in [0.3, 0.4) is 0 Å². The fraction of sp³-hybridized carbons (Fsp3) is 0.833. The second kappa shape index (κ2) is 8.13. The van der Waals surface area contributed by atoms with Gasteiger partial charge in [-0.05, 0) is 18.3 Å². The summed E-state index contributed by atoms with van der Waals surface area (Å²) >= 11 is 0. The molecule has 0 aromatic rings. The van der Waals surface area contributed by atoms with E-state index in [-0.39, 0.29) is 12.3 Å². The lowest BCUT2D eigenvalue weighted by Gasteiger charge is -2.18. The third-order valence-electron chi connectivity index (χ3n) is 2.80. The summed E-state index contributed by atoms with van der Waals surface area (Å²) in [7, 11) is 0. The summed E-state index contributed by atoms with van der Waals surface area (Å²) in [6.45, 7) is 6.78. The molecule has 0 radical (unpaired) electrons. The number of carbonyl (C=O) groups excluding carboxylic acids is 1. The van der Waals surface area contributed by atoms with Crippen LogP contribution in [-0.2, 0) is 9.59 Å². The third kappa shape index (κ3) is 7.26. The number of aliphatic carboxylic acids is 1. The van der Waals surface area contributed by atoms with E-state index in [0.717, 1.165) is 6.42 Å². The predicted molar refractivity (Wildman–Crippen MR) is 63.1 cm³/mol. The molecular formula is C12H23NO3. The van der Waals surface area contributed by atoms with Gasteiger partial charge in [0.2, 0.25) is 5.91 Å². The Hall–Kier alpha value is -1.06. The summed E-state index contributed by atoms with van der Waals surface area (Å²) in [5.74, 6) is 0.142. The summed E-state index contributed by atoms with van der Waals surface area (Å²) in [5, 5.41) is 11.2. The SMILES string of the molecule is CCC(CC(=O)NCCCC(=O)O)C(C)C. The van der Waals surface area contributed by atoms with Crippen LogP contribution in [0.1, 0.15) is 46.5 Å². The molecule has 0 fully saturated rings. The normalized spacial score (nSPS) is 12.5. The van der Waals surface area contributed by atoms with E-state index >= 15 is 0 Å². The molecule has 0 saturated carbocycles. The van der Waals surface area contributed by atoms with Crippen LogP contribution in [-0.4, -0.2) is 23.5 Å². The van der Waals surface area contributed by atoms with E-state index in [1.165, 1.54) is 0 Å². The first kappa shape index (κ1) is 14.9. The molecule has 0 bridgehead atoms. The topological polar surface area (TPSA) is 66.4 Å². The van der Waals surface area contributed by atoms with E-state index in [2.05, 4.69) is 26.1 Å². The van der Waals surface area contributed by atoms with Gasteiger partial charge in [-0.3, -0.25) is 9.59 Å². The zero-order valence-corrected chi connectivity index (χ0v) is 10.5. The Bertz CT molecular complexity index is 226. The standard InChI is InChI=1S/C12H23NO3/c1-4-10(9(2)3)8-11(14)13-7-5-6-12(15)16/h9-10H,4-8H2,1-3H3,(H,13,14)(H,15,16). The molecule has 4 nitrogen and oxygen atoms in total. The first-order valence-electron chi connectivity index (χ1n) is 5.95. The average molecular weight is 229 g/mol. The molecule has 0 aliphatic rings. The number of nitrogens with one attached hydrogen (secondary N) is 1. The highest BCUT2D eigenvalue weighted by molar-refractivity contribution is 5.76. The number of hydrogen-bond donors (Lipinski definition) is 2. The minimum absolute atomic E-state index is 0.0333. The van der Waals surface area contributed by atoms with Crippen molar-refractivity contribution in [3.8, 4) is 0 Å². The Balaban J connectivity index is 3.68. The maximum absolute atomic E-state index is 11.5. The van der Waals surface area contributed by atoms with E-state index in [4.69, 9.17) is 5.11 Å². The second-order valence-corrected chi connectivity index (χ2v) is 4.46. The van der Waals surface area contributed by atoms with Crippen molar-refractivity contribution in [2.75, 3.05) is 6.54 Å². The van der Waals surface area contributed by atoms with Crippen LogP contribution in [0, 0.1) is 11.8 Å². The molecule has 0 aliphatic carbocycles. The van der Waals surface area contributed by atoms with Crippen molar-refractivity contribution in [2.24, 2.45) is 11.8 Å². The molecule has 0 aromatic heterocycles. The van der Waals surface area contributed by atoms with Crippen LogP contribution in [0.4, 0.5) is 0 Å². The van der Waals surface area contributed by atoms with Gasteiger partial charge in [-0.1, -0.05) is 27.2 Å². The Morgan fingerprint density at radius 1 is 1.31 bits per heavy atom. The molecule has 0 aliphatic heterocycles. The molecule has 1 unspecified atom stereocenters. The fourth-order valence-electron chi connectivity index (χ4n) is 1.63. The molecule has 0 spiro atoms. The molecule has 0 heterocycles. The van der Waals surface area contributed by atoms with E-state index in [1.54, 1.807) is 0 Å². The van der Waals surface area contributed by atoms with E-state index < -0.39 is 5.97 Å². The Kier molecular flexibility index (Phi) is 7.60. The lowest BCUT2D eigenvalue weighted by Crippen LogP contribution is -2.28. The number of hydrogen-bond acceptors (Lipinski definition) is 2. The third-order valence-corrected chi connectivity index (χ3v) is 2.80. The van der Waals surface area contributed by atoms with Crippen molar-refractivity contribution in [1.29, 1.82) is 0 Å². The maximum Gasteiger partial charge on any atom is 0.303 e. The van der Waals surface area contributed by atoms with Gasteiger partial charge >= 0.3 is 5.97 Å². The van der Waals surface area contributed by atoms with Crippen molar-refractivity contribution in [3.63, 3.8) is 0 Å². The quantitative estimate of drug-likeness (QED) is 0.626. The minimum atomic E-state index is -0.817. The van der Waals surface area contributed by atoms with Crippen LogP contribution in [0.5, 0.6) is 0 Å². The Morgan fingerprint density at radius 2 is 1.94 bits per heavy atom. The molecule has 16 heavy (non-hydrogen) atoms. The van der Waals surface area contributed by atoms with Crippen LogP contribution >= 0.6 is 0 Å². The van der Waals surface area contributed by atoms with Gasteiger partial charge in [-0.25, -0.2) is 0 Å². The van der Waals surface area contributed by atoms with Crippen LogP contribution in [0.15, 0.2) is 0 Å². The van der Waals surface area contributed by atoms with Crippen LogP contribution in [0.25, 0.3) is 0 Å². The van der Waals surface area contributed by atoms with Crippen molar-refractivity contribution in [1.82, 2.24) is 5.32 Å². The number of carboxylic acid groups (broad SMARTS) is 1. The van der Waals surface area contributed by atoms with Crippen molar-refractivity contribution in [3.05, 3.63) is 0 Å². The Morgan fingerprint density at radius 3 is 2.38 bits per heavy atom. The van der Waals surface area contributed by atoms with Crippen LogP contribution in [0.2, 0.25) is 0 Å². The highest BCUT2D eigenvalue weighted by Crippen LogP contribution is 2.18. The van der Waals surface area contributed by atoms with Gasteiger partial charge in [0, 0.05) is 19.4 Å². The summed E-state index contributed by atoms with van der Waals surface area (Å²) in [4.78, 5) is 21.7. The van der Waals surface area contributed by atoms with E-state index in [9.17, 15) is 9.59 Å². The molecule has 94 valence electrons. The lowest BCUT2D eigenvalue weighted by molar-refractivity contribution is -0.137. The smallest absolute Gasteiger partial charge is 0.303 e. The molecule has 1 amide bonds. The molecule has 0 rings (SSSR count). The largest absolute Gasteiger partial charge is 0.481 e. The van der Waals surface area contributed by atoms with Gasteiger partial charge in [0.05, 0.1) is 0 Å². The fourth-order valence-corrected chi connectivity index (χ4v) is 1.63. The number of carboxylic acids is 1. The highest BCUT2D eigenvalue weighted by atomic mass is 16.4. The van der Waals surface area contributed by atoms with Gasteiger partial charge in [0.15, 0.2) is 0 Å². The minimum Gasteiger partial charge on any atom is -0.481 e. The zero-order valence-electron chi connectivity index (χ0n) is 10.5. The summed E-state index contributed by atoms with van der Waals surface area (Å²) in [6.07, 6.45) is 2.16. The van der Waals surface area contributed by atoms with Gasteiger partial charge in [0.25, 0.3) is 0 Å². The maximum atomic E-state index is 11.5. The molecule has 1 atom stereocenters. The molecule has 2 N–H and O–H groups in total. The number of amides is 1. The Labute approximate surface area is 97.4 Å². The second-order valence-electron chi connectivity index (χ2n) is 4.46. The molecular weight excluding hydrogens is 206 g/mol. The van der Waals surface area contributed by atoms with E-state index in [0.29, 0.717) is 31.2 Å². The van der Waals surface area contributed by atoms with Crippen LogP contribution < -0.4 is 5.32 Å². The molecule has 4 heteroatoms. The lowest BCUT2D eigenvalue weighted by atomic mass is 9.90. The highest BCUT2D eigenvalue weighted by Gasteiger charge is 2.15. The predicted octanol–water partition coefficient (Wildman–Crippen LogP) is 2.04. The first-order chi connectivity index (χ1) is 7.47. The first-order valence-corrected chi connectivity index (χ1v) is 5.95. The number of carbonyl (C=O) groups is 2. The molecule has 0 saturated heterocycles. The van der Waals surface area contributed by atoms with Gasteiger partial charge in [-0.2, -0.15) is 0 Å². The van der Waals surface area contributed by atoms with Crippen molar-refractivity contribution in [2.45, 2.75) is 46.5 Å². The summed E-state index contributed by atoms with van der Waals surface area (Å²) in [6, 6.07) is 0. The molecule has 0 aromatic carbocycles. The van der Waals surface area contributed by atoms with Gasteiger partial charge < -0.3 is 10.4 Å². The summed E-state index contributed by atoms with van der Waals surface area (Å²) in [5.41, 5.74) is 0. The van der Waals surface area contributed by atoms with Gasteiger partial charge in [-0.15, -0.1) is 0 Å².